The van der Waals surface area contributed by atoms with Crippen LogP contribution in [0, 0.1) is 17.2 Å². The van der Waals surface area contributed by atoms with E-state index in [1.165, 1.54) is 0 Å². The van der Waals surface area contributed by atoms with Gasteiger partial charge in [-0.25, -0.2) is 13.1 Å². The highest BCUT2D eigenvalue weighted by Gasteiger charge is 2.39. The average molecular weight is 214 g/mol. The molecule has 2 fully saturated rings. The molecule has 4 nitrogen and oxygen atoms in total. The molecule has 0 bridgehead atoms. The van der Waals surface area contributed by atoms with Crippen molar-refractivity contribution in [3.63, 3.8) is 0 Å². The van der Waals surface area contributed by atoms with Crippen molar-refractivity contribution in [3.8, 4) is 6.07 Å². The van der Waals surface area contributed by atoms with Crippen LogP contribution in [0.3, 0.4) is 0 Å². The highest BCUT2D eigenvalue weighted by molar-refractivity contribution is 7.90. The molecule has 0 heterocycles. The summed E-state index contributed by atoms with van der Waals surface area (Å²) in [6.45, 7) is 0. The topological polar surface area (TPSA) is 70.0 Å². The van der Waals surface area contributed by atoms with E-state index >= 15 is 0 Å². The van der Waals surface area contributed by atoms with E-state index in [2.05, 4.69) is 10.8 Å². The summed E-state index contributed by atoms with van der Waals surface area (Å²) in [4.78, 5) is 0. The molecule has 0 spiro atoms. The largest absolute Gasteiger partial charge is 0.214 e. The molecule has 0 aliphatic heterocycles. The van der Waals surface area contributed by atoms with E-state index in [1.807, 2.05) is 0 Å². The number of nitriles is 1. The van der Waals surface area contributed by atoms with Gasteiger partial charge < -0.3 is 0 Å². The Bertz CT molecular complexity index is 353. The molecule has 0 aromatic heterocycles. The fraction of sp³-hybridized carbons (Fsp3) is 0.889. The molecule has 2 atom stereocenters. The van der Waals surface area contributed by atoms with Crippen molar-refractivity contribution < 1.29 is 8.42 Å². The van der Waals surface area contributed by atoms with Crippen LogP contribution < -0.4 is 4.72 Å². The number of nitrogens with zero attached hydrogens (tertiary/aromatic N) is 1. The Labute approximate surface area is 84.4 Å². The van der Waals surface area contributed by atoms with Gasteiger partial charge in [-0.1, -0.05) is 6.42 Å². The predicted octanol–water partition coefficient (Wildman–Crippen LogP) is 0.760. The van der Waals surface area contributed by atoms with Gasteiger partial charge in [-0.15, -0.1) is 0 Å². The van der Waals surface area contributed by atoms with Crippen LogP contribution >= 0.6 is 0 Å². The summed E-state index contributed by atoms with van der Waals surface area (Å²) in [6, 6.07) is 2.04. The van der Waals surface area contributed by atoms with Gasteiger partial charge in [-0.2, -0.15) is 5.26 Å². The quantitative estimate of drug-likeness (QED) is 0.754. The molecule has 14 heavy (non-hydrogen) atoms. The van der Waals surface area contributed by atoms with Crippen LogP contribution in [0.5, 0.6) is 0 Å². The number of hydrogen-bond donors (Lipinski definition) is 1. The van der Waals surface area contributed by atoms with Gasteiger partial charge in [0.25, 0.3) is 0 Å². The highest BCUT2D eigenvalue weighted by atomic mass is 32.2. The minimum absolute atomic E-state index is 0.122. The molecule has 2 aliphatic rings. The second-order valence-corrected chi connectivity index (χ2v) is 6.13. The Morgan fingerprint density at radius 2 is 1.93 bits per heavy atom. The van der Waals surface area contributed by atoms with Crippen LogP contribution in [-0.2, 0) is 10.0 Å². The van der Waals surface area contributed by atoms with Crippen molar-refractivity contribution in [2.45, 2.75) is 43.4 Å². The second kappa shape index (κ2) is 3.52. The van der Waals surface area contributed by atoms with Crippen LogP contribution in [0.4, 0.5) is 0 Å². The Morgan fingerprint density at radius 1 is 1.21 bits per heavy atom. The van der Waals surface area contributed by atoms with Crippen LogP contribution in [0.2, 0.25) is 0 Å². The molecule has 2 rings (SSSR count). The molecular formula is C9H14N2O2S. The third-order valence-electron chi connectivity index (χ3n) is 2.96. The number of rotatable bonds is 3. The van der Waals surface area contributed by atoms with Gasteiger partial charge in [0.2, 0.25) is 10.0 Å². The van der Waals surface area contributed by atoms with Crippen molar-refractivity contribution in [1.29, 1.82) is 5.26 Å². The lowest BCUT2D eigenvalue weighted by molar-refractivity contribution is 0.514. The maximum atomic E-state index is 11.6. The van der Waals surface area contributed by atoms with E-state index in [0.717, 1.165) is 32.1 Å². The van der Waals surface area contributed by atoms with E-state index in [0.29, 0.717) is 0 Å². The number of hydrogen-bond acceptors (Lipinski definition) is 3. The lowest BCUT2D eigenvalue weighted by Gasteiger charge is -2.15. The summed E-state index contributed by atoms with van der Waals surface area (Å²) in [6.07, 6.45) is 4.15. The average Bonchev–Trinajstić information content (AvgIpc) is 2.89. The second-order valence-electron chi connectivity index (χ2n) is 4.14. The Kier molecular flexibility index (Phi) is 2.50. The summed E-state index contributed by atoms with van der Waals surface area (Å²) in [5, 5.41) is 8.62. The summed E-state index contributed by atoms with van der Waals surface area (Å²) < 4.78 is 25.8. The summed E-state index contributed by atoms with van der Waals surface area (Å²) >= 11 is 0. The SMILES string of the molecule is N#CC1CCCC1NS(=O)(=O)C1CC1. The van der Waals surface area contributed by atoms with Gasteiger partial charge in [-0.3, -0.25) is 0 Å². The van der Waals surface area contributed by atoms with Crippen LogP contribution in [0.15, 0.2) is 0 Å². The van der Waals surface area contributed by atoms with Crippen molar-refractivity contribution >= 4 is 10.0 Å². The Morgan fingerprint density at radius 3 is 2.50 bits per heavy atom. The van der Waals surface area contributed by atoms with Gasteiger partial charge >= 0.3 is 0 Å². The minimum atomic E-state index is -3.11. The van der Waals surface area contributed by atoms with Crippen LogP contribution in [0.1, 0.15) is 32.1 Å². The summed E-state index contributed by atoms with van der Waals surface area (Å²) in [5.41, 5.74) is 0. The monoisotopic (exact) mass is 214 g/mol. The number of sulfonamides is 1. The third kappa shape index (κ3) is 1.91. The number of nitrogens with one attached hydrogen (secondary N) is 1. The first-order valence-corrected chi connectivity index (χ1v) is 6.59. The Hall–Kier alpha value is -0.600. The molecular weight excluding hydrogens is 200 g/mol. The fourth-order valence-corrected chi connectivity index (χ4v) is 3.59. The van der Waals surface area contributed by atoms with Gasteiger partial charge in [0.15, 0.2) is 0 Å². The normalized spacial score (nSPS) is 32.8. The van der Waals surface area contributed by atoms with Crippen molar-refractivity contribution in [2.75, 3.05) is 0 Å². The zero-order chi connectivity index (χ0) is 10.2. The zero-order valence-electron chi connectivity index (χ0n) is 7.94. The summed E-state index contributed by atoms with van der Waals surface area (Å²) in [7, 11) is -3.11. The molecule has 2 unspecified atom stereocenters. The molecule has 5 heteroatoms. The molecule has 78 valence electrons. The standard InChI is InChI=1S/C9H14N2O2S/c10-6-7-2-1-3-9(7)11-14(12,13)8-4-5-8/h7-9,11H,1-5H2. The van der Waals surface area contributed by atoms with Gasteiger partial charge in [0, 0.05) is 6.04 Å². The Balaban J connectivity index is 2.00. The first-order valence-electron chi connectivity index (χ1n) is 5.04. The molecule has 1 N–H and O–H groups in total. The molecule has 0 aromatic carbocycles. The molecule has 0 aromatic rings. The fourth-order valence-electron chi connectivity index (χ4n) is 1.94. The van der Waals surface area contributed by atoms with E-state index in [9.17, 15) is 8.42 Å². The van der Waals surface area contributed by atoms with Gasteiger partial charge in [0.05, 0.1) is 17.2 Å². The van der Waals surface area contributed by atoms with Crippen molar-refractivity contribution in [2.24, 2.45) is 5.92 Å². The molecule has 2 aliphatic carbocycles. The van der Waals surface area contributed by atoms with E-state index in [4.69, 9.17) is 5.26 Å². The predicted molar refractivity (Wildman–Crippen MR) is 51.8 cm³/mol. The maximum absolute atomic E-state index is 11.6. The lowest BCUT2D eigenvalue weighted by atomic mass is 10.1. The lowest BCUT2D eigenvalue weighted by Crippen LogP contribution is -2.38. The van der Waals surface area contributed by atoms with Gasteiger partial charge in [-0.05, 0) is 25.7 Å². The zero-order valence-corrected chi connectivity index (χ0v) is 8.76. The molecule has 2 saturated carbocycles. The van der Waals surface area contributed by atoms with E-state index < -0.39 is 10.0 Å². The van der Waals surface area contributed by atoms with Crippen LogP contribution in [-0.4, -0.2) is 19.7 Å². The molecule has 0 amide bonds. The van der Waals surface area contributed by atoms with Crippen molar-refractivity contribution in [1.82, 2.24) is 4.72 Å². The first-order chi connectivity index (χ1) is 6.63. The van der Waals surface area contributed by atoms with Crippen LogP contribution in [0.25, 0.3) is 0 Å². The maximum Gasteiger partial charge on any atom is 0.214 e. The van der Waals surface area contributed by atoms with Gasteiger partial charge in [0.1, 0.15) is 0 Å². The molecule has 0 radical (unpaired) electrons. The molecule has 0 saturated heterocycles. The minimum Gasteiger partial charge on any atom is -0.212 e. The van der Waals surface area contributed by atoms with Crippen molar-refractivity contribution in [3.05, 3.63) is 0 Å². The van der Waals surface area contributed by atoms with E-state index in [-0.39, 0.29) is 17.2 Å². The third-order valence-corrected chi connectivity index (χ3v) is 4.94. The highest BCUT2D eigenvalue weighted by Crippen LogP contribution is 2.31. The smallest absolute Gasteiger partial charge is 0.212 e. The summed E-state index contributed by atoms with van der Waals surface area (Å²) in [5.74, 6) is -0.122. The first kappa shape index (κ1) is 9.94. The van der Waals surface area contributed by atoms with E-state index in [1.54, 1.807) is 0 Å².